The van der Waals surface area contributed by atoms with Crippen molar-refractivity contribution in [1.29, 1.82) is 5.26 Å². The highest BCUT2D eigenvalue weighted by molar-refractivity contribution is 6.08. The molecule has 6 rings (SSSR count). The quantitative estimate of drug-likeness (QED) is 0.665. The van der Waals surface area contributed by atoms with Gasteiger partial charge in [-0.25, -0.2) is 0 Å². The van der Waals surface area contributed by atoms with E-state index >= 15 is 0 Å². The monoisotopic (exact) mass is 501 g/mol. The number of fused-ring (bicyclic) bond motifs is 3. The molecule has 194 valence electrons. The minimum atomic E-state index is -0.598. The number of amides is 1. The topological polar surface area (TPSA) is 97.6 Å². The Hall–Kier alpha value is -3.22. The molecule has 9 nitrogen and oxygen atoms in total. The summed E-state index contributed by atoms with van der Waals surface area (Å²) in [6.07, 6.45) is 4.77. The van der Waals surface area contributed by atoms with Gasteiger partial charge in [0, 0.05) is 56.4 Å². The maximum absolute atomic E-state index is 13.7. The van der Waals surface area contributed by atoms with Crippen molar-refractivity contribution in [2.75, 3.05) is 56.7 Å². The summed E-state index contributed by atoms with van der Waals surface area (Å²) in [5, 5.41) is 12.7. The van der Waals surface area contributed by atoms with Crippen LogP contribution in [-0.2, 0) is 23.1 Å². The fourth-order valence-corrected chi connectivity index (χ4v) is 6.69. The highest BCUT2D eigenvalue weighted by atomic mass is 16.5. The van der Waals surface area contributed by atoms with Gasteiger partial charge in [-0.15, -0.1) is 0 Å². The molecule has 37 heavy (non-hydrogen) atoms. The van der Waals surface area contributed by atoms with E-state index in [1.54, 1.807) is 4.90 Å². The lowest BCUT2D eigenvalue weighted by Crippen LogP contribution is -2.51. The minimum absolute atomic E-state index is 0.104. The van der Waals surface area contributed by atoms with E-state index in [0.717, 1.165) is 73.8 Å². The van der Waals surface area contributed by atoms with E-state index in [4.69, 9.17) is 14.7 Å². The van der Waals surface area contributed by atoms with Crippen molar-refractivity contribution in [3.8, 4) is 12.1 Å². The molecule has 1 spiro atoms. The minimum Gasteiger partial charge on any atom is -0.462 e. The smallest absolute Gasteiger partial charge is 0.318 e. The summed E-state index contributed by atoms with van der Waals surface area (Å²) in [4.78, 5) is 30.0. The second-order valence-electron chi connectivity index (χ2n) is 10.9. The van der Waals surface area contributed by atoms with Gasteiger partial charge >= 0.3 is 6.01 Å². The summed E-state index contributed by atoms with van der Waals surface area (Å²) >= 11 is 0. The number of nitrogens with one attached hydrogen (secondary N) is 1. The predicted octanol–water partition coefficient (Wildman–Crippen LogP) is 2.04. The van der Waals surface area contributed by atoms with Crippen LogP contribution in [0.5, 0.6) is 6.01 Å². The maximum atomic E-state index is 13.7. The van der Waals surface area contributed by atoms with Crippen LogP contribution in [0, 0.1) is 11.3 Å². The fraction of sp³-hybridized carbons (Fsp3) is 0.571. The SMILES string of the molecule is CN1C(=O)C2(CCc3c(nc(OC[C@@H]4CCCN4C)nc3N3CCN[C@@H](CC#N)C3)C2)c2ccccc21. The van der Waals surface area contributed by atoms with Crippen LogP contribution >= 0.6 is 0 Å². The number of hydrogen-bond acceptors (Lipinski definition) is 8. The van der Waals surface area contributed by atoms with Gasteiger partial charge in [0.15, 0.2) is 0 Å². The summed E-state index contributed by atoms with van der Waals surface area (Å²) in [6, 6.07) is 11.3. The number of piperazine rings is 1. The summed E-state index contributed by atoms with van der Waals surface area (Å²) in [5.41, 5.74) is 3.53. The molecular weight excluding hydrogens is 466 g/mol. The number of carbonyl (C=O) groups excluding carboxylic acids is 1. The Labute approximate surface area is 218 Å². The highest BCUT2D eigenvalue weighted by Gasteiger charge is 2.52. The number of hydrogen-bond donors (Lipinski definition) is 1. The first kappa shape index (κ1) is 24.1. The Bertz CT molecular complexity index is 1240. The van der Waals surface area contributed by atoms with Crippen LogP contribution in [0.25, 0.3) is 0 Å². The zero-order valence-electron chi connectivity index (χ0n) is 21.7. The average Bonchev–Trinajstić information content (AvgIpc) is 3.42. The van der Waals surface area contributed by atoms with Crippen LogP contribution < -0.4 is 19.9 Å². The van der Waals surface area contributed by atoms with Gasteiger partial charge < -0.3 is 24.8 Å². The Morgan fingerprint density at radius 2 is 2.11 bits per heavy atom. The van der Waals surface area contributed by atoms with E-state index in [2.05, 4.69) is 34.3 Å². The molecule has 4 heterocycles. The van der Waals surface area contributed by atoms with Crippen LogP contribution in [0.1, 0.15) is 42.5 Å². The van der Waals surface area contributed by atoms with Crippen LogP contribution in [0.3, 0.4) is 0 Å². The third-order valence-corrected chi connectivity index (χ3v) is 8.79. The molecule has 1 N–H and O–H groups in total. The number of carbonyl (C=O) groups is 1. The molecule has 2 saturated heterocycles. The van der Waals surface area contributed by atoms with Gasteiger partial charge in [0.05, 0.1) is 23.6 Å². The number of anilines is 2. The standard InChI is InChI=1S/C28H35N7O2/c1-33-14-5-6-20(33)18-37-27-31-23-16-28(22-7-3-4-8-24(22)34(2)26(28)36)11-9-21(23)25(32-27)35-15-13-30-19(17-35)10-12-29/h3-4,7-8,19-20,30H,5-6,9-11,13-18H2,1-2H3/t19-,20-,28?/m0/s1. The zero-order valence-corrected chi connectivity index (χ0v) is 21.7. The van der Waals surface area contributed by atoms with Gasteiger partial charge in [-0.3, -0.25) is 4.79 Å². The molecule has 1 unspecified atom stereocenters. The van der Waals surface area contributed by atoms with Crippen molar-refractivity contribution >= 4 is 17.4 Å². The number of likely N-dealkylation sites (N-methyl/N-ethyl adjacent to an activating group) is 2. The van der Waals surface area contributed by atoms with Crippen LogP contribution in [0.4, 0.5) is 11.5 Å². The second-order valence-corrected chi connectivity index (χ2v) is 10.9. The molecule has 1 aliphatic carbocycles. The number of aromatic nitrogens is 2. The Kier molecular flexibility index (Phi) is 6.25. The maximum Gasteiger partial charge on any atom is 0.318 e. The number of nitriles is 1. The van der Waals surface area contributed by atoms with Gasteiger partial charge in [-0.1, -0.05) is 18.2 Å². The first-order valence-corrected chi connectivity index (χ1v) is 13.5. The lowest BCUT2D eigenvalue weighted by molar-refractivity contribution is -0.123. The van der Waals surface area contributed by atoms with E-state index in [1.165, 1.54) is 6.42 Å². The molecule has 0 bridgehead atoms. The number of rotatable bonds is 5. The van der Waals surface area contributed by atoms with Crippen LogP contribution in [0.15, 0.2) is 24.3 Å². The normalized spacial score (nSPS) is 27.3. The number of benzene rings is 1. The predicted molar refractivity (Wildman–Crippen MR) is 141 cm³/mol. The van der Waals surface area contributed by atoms with Crippen molar-refractivity contribution in [2.45, 2.75) is 56.0 Å². The first-order valence-electron chi connectivity index (χ1n) is 13.5. The molecule has 2 fully saturated rings. The van der Waals surface area contributed by atoms with Crippen LogP contribution in [0.2, 0.25) is 0 Å². The van der Waals surface area contributed by atoms with E-state index in [-0.39, 0.29) is 11.9 Å². The molecule has 2 aromatic rings. The summed E-state index contributed by atoms with van der Waals surface area (Å²) in [6.45, 7) is 3.98. The van der Waals surface area contributed by atoms with Gasteiger partial charge in [0.2, 0.25) is 5.91 Å². The third-order valence-electron chi connectivity index (χ3n) is 8.79. The first-order chi connectivity index (χ1) is 18.0. The number of ether oxygens (including phenoxy) is 1. The summed E-state index contributed by atoms with van der Waals surface area (Å²) in [5.74, 6) is 1.05. The molecule has 4 aliphatic rings. The fourth-order valence-electron chi connectivity index (χ4n) is 6.69. The summed E-state index contributed by atoms with van der Waals surface area (Å²) < 4.78 is 6.25. The molecule has 0 radical (unpaired) electrons. The van der Waals surface area contributed by atoms with Gasteiger partial charge in [-0.2, -0.15) is 15.2 Å². The Morgan fingerprint density at radius 3 is 2.92 bits per heavy atom. The zero-order chi connectivity index (χ0) is 25.6. The van der Waals surface area contributed by atoms with Crippen molar-refractivity contribution in [1.82, 2.24) is 20.2 Å². The summed E-state index contributed by atoms with van der Waals surface area (Å²) in [7, 11) is 4.01. The van der Waals surface area contributed by atoms with E-state index in [1.807, 2.05) is 25.2 Å². The largest absolute Gasteiger partial charge is 0.462 e. The molecular formula is C28H35N7O2. The lowest BCUT2D eigenvalue weighted by atomic mass is 9.69. The molecule has 9 heteroatoms. The molecule has 1 aromatic carbocycles. The Balaban J connectivity index is 1.37. The van der Waals surface area contributed by atoms with Crippen molar-refractivity contribution in [2.24, 2.45) is 0 Å². The molecule has 3 atom stereocenters. The third kappa shape index (κ3) is 4.12. The van der Waals surface area contributed by atoms with Gasteiger partial charge in [-0.05, 0) is 50.9 Å². The van der Waals surface area contributed by atoms with E-state index in [9.17, 15) is 10.1 Å². The second kappa shape index (κ2) is 9.58. The van der Waals surface area contributed by atoms with E-state index in [0.29, 0.717) is 31.5 Å². The van der Waals surface area contributed by atoms with Crippen molar-refractivity contribution in [3.05, 3.63) is 41.1 Å². The van der Waals surface area contributed by atoms with Crippen molar-refractivity contribution < 1.29 is 9.53 Å². The number of nitrogens with zero attached hydrogens (tertiary/aromatic N) is 6. The molecule has 1 aromatic heterocycles. The lowest BCUT2D eigenvalue weighted by Gasteiger charge is -2.38. The number of para-hydroxylation sites is 1. The van der Waals surface area contributed by atoms with Crippen LogP contribution in [-0.4, -0.2) is 79.7 Å². The van der Waals surface area contributed by atoms with Crippen molar-refractivity contribution in [3.63, 3.8) is 0 Å². The molecule has 3 aliphatic heterocycles. The average molecular weight is 502 g/mol. The van der Waals surface area contributed by atoms with Gasteiger partial charge in [0.25, 0.3) is 0 Å². The van der Waals surface area contributed by atoms with E-state index < -0.39 is 5.41 Å². The Morgan fingerprint density at radius 1 is 1.24 bits per heavy atom. The molecule has 1 amide bonds. The number of likely N-dealkylation sites (tertiary alicyclic amines) is 1. The van der Waals surface area contributed by atoms with Gasteiger partial charge in [0.1, 0.15) is 12.4 Å². The highest BCUT2D eigenvalue weighted by Crippen LogP contribution is 2.49. The molecule has 0 saturated carbocycles.